The van der Waals surface area contributed by atoms with E-state index in [1.807, 2.05) is 38.1 Å². The van der Waals surface area contributed by atoms with E-state index in [2.05, 4.69) is 28.8 Å². The Hall–Kier alpha value is -3.00. The highest BCUT2D eigenvalue weighted by Gasteiger charge is 2.22. The van der Waals surface area contributed by atoms with Crippen LogP contribution in [0.5, 0.6) is 0 Å². The lowest BCUT2D eigenvalue weighted by atomic mass is 10.2. The van der Waals surface area contributed by atoms with Crippen LogP contribution in [-0.4, -0.2) is 37.4 Å². The van der Waals surface area contributed by atoms with Crippen molar-refractivity contribution < 1.29 is 0 Å². The Labute approximate surface area is 166 Å². The van der Waals surface area contributed by atoms with Gasteiger partial charge in [0, 0.05) is 18.7 Å². The molecule has 0 unspecified atom stereocenters. The van der Waals surface area contributed by atoms with Crippen LogP contribution in [0.25, 0.3) is 20.9 Å². The molecule has 0 aliphatic heterocycles. The van der Waals surface area contributed by atoms with Crippen LogP contribution in [0.3, 0.4) is 0 Å². The summed E-state index contributed by atoms with van der Waals surface area (Å²) in [6, 6.07) is 7.96. The van der Waals surface area contributed by atoms with Gasteiger partial charge in [-0.05, 0) is 45.4 Å². The molecule has 0 aliphatic carbocycles. The molecule has 3 heterocycles. The Kier molecular flexibility index (Phi) is 4.72. The van der Waals surface area contributed by atoms with Crippen LogP contribution in [-0.2, 0) is 0 Å². The second-order valence-corrected chi connectivity index (χ2v) is 7.59. The van der Waals surface area contributed by atoms with Gasteiger partial charge in [-0.25, -0.2) is 19.2 Å². The first-order chi connectivity index (χ1) is 13.5. The highest BCUT2D eigenvalue weighted by molar-refractivity contribution is 7.21. The van der Waals surface area contributed by atoms with E-state index in [0.717, 1.165) is 39.7 Å². The zero-order valence-electron chi connectivity index (χ0n) is 16.4. The maximum Gasteiger partial charge on any atom is 0.268 e. The minimum absolute atomic E-state index is 0.0578. The maximum absolute atomic E-state index is 13.7. The third-order valence-corrected chi connectivity index (χ3v) is 6.03. The molecule has 4 aromatic rings. The normalized spacial score (nSPS) is 11.3. The Morgan fingerprint density at radius 2 is 1.96 bits per heavy atom. The third-order valence-electron chi connectivity index (χ3n) is 4.85. The molecule has 0 bridgehead atoms. The number of anilines is 1. The second-order valence-electron chi connectivity index (χ2n) is 6.62. The van der Waals surface area contributed by atoms with Crippen molar-refractivity contribution in [2.24, 2.45) is 0 Å². The van der Waals surface area contributed by atoms with Gasteiger partial charge < -0.3 is 4.90 Å². The van der Waals surface area contributed by atoms with Crippen LogP contribution < -0.4 is 10.5 Å². The van der Waals surface area contributed by atoms with E-state index in [0.29, 0.717) is 11.3 Å². The molecule has 0 aliphatic rings. The average Bonchev–Trinajstić information content (AvgIpc) is 3.31. The van der Waals surface area contributed by atoms with Crippen molar-refractivity contribution in [3.8, 4) is 10.7 Å². The number of aromatic nitrogens is 5. The molecule has 0 atom stereocenters. The fraction of sp³-hybridized carbons (Fsp3) is 0.300. The van der Waals surface area contributed by atoms with Crippen molar-refractivity contribution in [1.82, 2.24) is 24.3 Å². The van der Waals surface area contributed by atoms with Gasteiger partial charge >= 0.3 is 0 Å². The molecule has 0 saturated heterocycles. The summed E-state index contributed by atoms with van der Waals surface area (Å²) in [6.07, 6.45) is 3.13. The number of hydrogen-bond acceptors (Lipinski definition) is 6. The minimum atomic E-state index is -0.0578. The Balaban J connectivity index is 2.08. The predicted octanol–water partition coefficient (Wildman–Crippen LogP) is 3.49. The minimum Gasteiger partial charge on any atom is -0.342 e. The van der Waals surface area contributed by atoms with Crippen molar-refractivity contribution in [3.05, 3.63) is 58.4 Å². The van der Waals surface area contributed by atoms with E-state index in [-0.39, 0.29) is 5.56 Å². The smallest absolute Gasteiger partial charge is 0.268 e. The number of thiophene rings is 1. The lowest BCUT2D eigenvalue weighted by Crippen LogP contribution is -2.32. The average molecular weight is 395 g/mol. The van der Waals surface area contributed by atoms with Crippen molar-refractivity contribution in [2.75, 3.05) is 18.0 Å². The van der Waals surface area contributed by atoms with Gasteiger partial charge in [-0.3, -0.25) is 4.79 Å². The first-order valence-electron chi connectivity index (χ1n) is 9.28. The fourth-order valence-electron chi connectivity index (χ4n) is 3.41. The zero-order valence-corrected chi connectivity index (χ0v) is 17.2. The summed E-state index contributed by atoms with van der Waals surface area (Å²) in [5.41, 5.74) is 2.74. The van der Waals surface area contributed by atoms with Gasteiger partial charge in [0.05, 0.1) is 11.1 Å². The van der Waals surface area contributed by atoms with Gasteiger partial charge in [-0.1, -0.05) is 23.5 Å². The predicted molar refractivity (Wildman–Crippen MR) is 113 cm³/mol. The largest absolute Gasteiger partial charge is 0.342 e. The molecule has 3 aromatic heterocycles. The zero-order chi connectivity index (χ0) is 19.8. The van der Waals surface area contributed by atoms with E-state index in [9.17, 15) is 4.79 Å². The number of nitrogens with zero attached hydrogens (tertiary/aromatic N) is 6. The highest BCUT2D eigenvalue weighted by Crippen LogP contribution is 2.32. The number of rotatable bonds is 5. The second kappa shape index (κ2) is 7.20. The molecule has 144 valence electrons. The van der Waals surface area contributed by atoms with Gasteiger partial charge in [0.2, 0.25) is 5.95 Å². The summed E-state index contributed by atoms with van der Waals surface area (Å²) in [4.78, 5) is 25.4. The molecule has 28 heavy (non-hydrogen) atoms. The molecule has 0 N–H and O–H groups in total. The third kappa shape index (κ3) is 2.90. The molecule has 8 heteroatoms. The van der Waals surface area contributed by atoms with Crippen molar-refractivity contribution in [3.63, 3.8) is 0 Å². The summed E-state index contributed by atoms with van der Waals surface area (Å²) < 4.78 is 3.42. The number of aryl methyl sites for hydroxylation is 2. The Morgan fingerprint density at radius 1 is 1.18 bits per heavy atom. The SMILES string of the molecule is CCN(CC)c1nc2sc(-n3cncn3)c(C)c2c(=O)n1-c1cccc(C)c1. The lowest BCUT2D eigenvalue weighted by molar-refractivity contribution is 0.787. The molecule has 0 spiro atoms. The van der Waals surface area contributed by atoms with Gasteiger partial charge in [-0.2, -0.15) is 5.10 Å². The standard InChI is InChI=1S/C20H22N6OS/c1-5-24(6-2)20-23-17-16(14(4)19(28-17)25-12-21-11-22-25)18(27)26(20)15-9-7-8-13(3)10-15/h7-12H,5-6H2,1-4H3. The van der Waals surface area contributed by atoms with Crippen LogP contribution >= 0.6 is 11.3 Å². The molecule has 0 radical (unpaired) electrons. The molecular weight excluding hydrogens is 372 g/mol. The summed E-state index contributed by atoms with van der Waals surface area (Å²) in [6.45, 7) is 9.63. The van der Waals surface area contributed by atoms with Gasteiger partial charge in [-0.15, -0.1) is 0 Å². The van der Waals surface area contributed by atoms with E-state index >= 15 is 0 Å². The summed E-state index contributed by atoms with van der Waals surface area (Å²) in [5.74, 6) is 0.666. The molecule has 0 saturated carbocycles. The Bertz CT molecular complexity index is 1190. The van der Waals surface area contributed by atoms with E-state index < -0.39 is 0 Å². The van der Waals surface area contributed by atoms with Gasteiger partial charge in [0.15, 0.2) is 0 Å². The van der Waals surface area contributed by atoms with Crippen molar-refractivity contribution in [1.29, 1.82) is 0 Å². The topological polar surface area (TPSA) is 68.8 Å². The number of hydrogen-bond donors (Lipinski definition) is 0. The molecule has 4 rings (SSSR count). The molecule has 1 aromatic carbocycles. The lowest BCUT2D eigenvalue weighted by Gasteiger charge is -2.23. The van der Waals surface area contributed by atoms with Crippen LogP contribution in [0.4, 0.5) is 5.95 Å². The van der Waals surface area contributed by atoms with Crippen molar-refractivity contribution >= 4 is 27.5 Å². The van der Waals surface area contributed by atoms with Crippen LogP contribution in [0.1, 0.15) is 25.0 Å². The summed E-state index contributed by atoms with van der Waals surface area (Å²) in [7, 11) is 0. The first kappa shape index (κ1) is 18.4. The van der Waals surface area contributed by atoms with Gasteiger partial charge in [0.1, 0.15) is 22.5 Å². The molecular formula is C20H22N6OS. The van der Waals surface area contributed by atoms with Crippen LogP contribution in [0, 0.1) is 13.8 Å². The van der Waals surface area contributed by atoms with Gasteiger partial charge in [0.25, 0.3) is 5.56 Å². The Morgan fingerprint density at radius 3 is 2.61 bits per heavy atom. The maximum atomic E-state index is 13.7. The van der Waals surface area contributed by atoms with E-state index in [1.54, 1.807) is 15.6 Å². The number of fused-ring (bicyclic) bond motifs is 1. The van der Waals surface area contributed by atoms with E-state index in [4.69, 9.17) is 4.98 Å². The number of benzene rings is 1. The molecule has 0 amide bonds. The summed E-state index contributed by atoms with van der Waals surface area (Å²) in [5, 5.41) is 5.72. The quantitative estimate of drug-likeness (QED) is 0.518. The first-order valence-corrected chi connectivity index (χ1v) is 10.1. The molecule has 7 nitrogen and oxygen atoms in total. The van der Waals surface area contributed by atoms with E-state index in [1.165, 1.54) is 17.7 Å². The summed E-state index contributed by atoms with van der Waals surface area (Å²) >= 11 is 1.46. The van der Waals surface area contributed by atoms with Crippen molar-refractivity contribution in [2.45, 2.75) is 27.7 Å². The molecule has 0 fully saturated rings. The highest BCUT2D eigenvalue weighted by atomic mass is 32.1. The fourth-order valence-corrected chi connectivity index (χ4v) is 4.51. The monoisotopic (exact) mass is 394 g/mol. The van der Waals surface area contributed by atoms with Crippen LogP contribution in [0.15, 0.2) is 41.7 Å². The van der Waals surface area contributed by atoms with Crippen LogP contribution in [0.2, 0.25) is 0 Å².